The minimum Gasteiger partial charge on any atom is -0.465 e. The minimum absolute atomic E-state index is 0.00428. The van der Waals surface area contributed by atoms with Crippen LogP contribution < -0.4 is 5.32 Å². The third-order valence-electron chi connectivity index (χ3n) is 3.92. The second-order valence-corrected chi connectivity index (χ2v) is 5.82. The monoisotopic (exact) mass is 359 g/mol. The second-order valence-electron chi connectivity index (χ2n) is 5.38. The summed E-state index contributed by atoms with van der Waals surface area (Å²) in [7, 11) is 1.16. The van der Waals surface area contributed by atoms with E-state index in [1.54, 1.807) is 24.3 Å². The predicted octanol–water partition coefficient (Wildman–Crippen LogP) is 3.98. The van der Waals surface area contributed by atoms with Gasteiger partial charge in [-0.05, 0) is 17.7 Å². The van der Waals surface area contributed by atoms with Crippen LogP contribution in [0.1, 0.15) is 34.4 Å². The van der Waals surface area contributed by atoms with Crippen molar-refractivity contribution in [2.75, 3.05) is 12.4 Å². The van der Waals surface area contributed by atoms with Crippen LogP contribution in [0.2, 0.25) is 5.02 Å². The number of esters is 1. The summed E-state index contributed by atoms with van der Waals surface area (Å²) in [6, 6.07) is 4.03. The number of alkyl halides is 3. The van der Waals surface area contributed by atoms with E-state index >= 15 is 0 Å². The average Bonchev–Trinajstić information content (AvgIpc) is 2.96. The summed E-state index contributed by atoms with van der Waals surface area (Å²) in [5, 5.41) is 7.17. The molecule has 0 spiro atoms. The second kappa shape index (κ2) is 6.01. The van der Waals surface area contributed by atoms with E-state index in [4.69, 9.17) is 11.6 Å². The predicted molar refractivity (Wildman–Crippen MR) is 81.1 cm³/mol. The Morgan fingerprint density at radius 2 is 2.04 bits per heavy atom. The zero-order valence-corrected chi connectivity index (χ0v) is 13.2. The molecule has 0 aliphatic carbocycles. The molecule has 0 amide bonds. The lowest BCUT2D eigenvalue weighted by atomic mass is 9.96. The Balaban J connectivity index is 2.04. The van der Waals surface area contributed by atoms with Crippen LogP contribution in [0.4, 0.5) is 19.0 Å². The Kier molecular flexibility index (Phi) is 4.16. The minimum atomic E-state index is -4.50. The van der Waals surface area contributed by atoms with Crippen LogP contribution in [0.25, 0.3) is 0 Å². The molecule has 2 heterocycles. The van der Waals surface area contributed by atoms with Crippen molar-refractivity contribution in [2.45, 2.75) is 24.7 Å². The van der Waals surface area contributed by atoms with Gasteiger partial charge in [0.25, 0.3) is 0 Å². The normalized spacial score (nSPS) is 20.2. The number of carbonyl (C=O) groups is 1. The first kappa shape index (κ1) is 16.6. The molecule has 0 fully saturated rings. The number of fused-ring (bicyclic) bond motifs is 1. The molecule has 0 saturated heterocycles. The van der Waals surface area contributed by atoms with E-state index in [1.165, 1.54) is 0 Å². The number of rotatable bonds is 2. The van der Waals surface area contributed by atoms with Gasteiger partial charge in [-0.15, -0.1) is 0 Å². The van der Waals surface area contributed by atoms with Crippen LogP contribution in [0.5, 0.6) is 0 Å². The third-order valence-corrected chi connectivity index (χ3v) is 4.17. The molecule has 24 heavy (non-hydrogen) atoms. The van der Waals surface area contributed by atoms with E-state index in [0.717, 1.165) is 18.0 Å². The highest BCUT2D eigenvalue weighted by atomic mass is 35.5. The van der Waals surface area contributed by atoms with Gasteiger partial charge in [0.2, 0.25) is 0 Å². The number of ether oxygens (including phenoxy) is 1. The maximum Gasteiger partial charge on any atom is 0.410 e. The van der Waals surface area contributed by atoms with Crippen molar-refractivity contribution in [3.8, 4) is 0 Å². The van der Waals surface area contributed by atoms with Crippen LogP contribution >= 0.6 is 11.6 Å². The summed E-state index contributed by atoms with van der Waals surface area (Å²) in [4.78, 5) is 11.8. The van der Waals surface area contributed by atoms with Crippen LogP contribution in [-0.4, -0.2) is 29.0 Å². The molecule has 128 valence electrons. The summed E-state index contributed by atoms with van der Waals surface area (Å²) in [5.74, 6) is -0.753. The van der Waals surface area contributed by atoms with Crippen LogP contribution in [0.3, 0.4) is 0 Å². The standard InChI is InChI=1S/C15H13ClF3N3O2/c1-24-14(23)10-7-20-22-12(15(17,18)19)6-11(21-13(10)22)8-2-4-9(16)5-3-8/h2-5,7,11-12,21H,6H2,1H3/t11-,12+/m0/s1. The molecule has 0 bridgehead atoms. The van der Waals surface area contributed by atoms with Crippen LogP contribution in [-0.2, 0) is 4.74 Å². The van der Waals surface area contributed by atoms with Crippen molar-refractivity contribution < 1.29 is 22.7 Å². The van der Waals surface area contributed by atoms with E-state index < -0.39 is 24.2 Å². The largest absolute Gasteiger partial charge is 0.465 e. The fourth-order valence-electron chi connectivity index (χ4n) is 2.74. The SMILES string of the molecule is COC(=O)c1cnn2c1N[C@H](c1ccc(Cl)cc1)C[C@@H]2C(F)(F)F. The Labute approximate surface area is 140 Å². The molecule has 0 unspecified atom stereocenters. The van der Waals surface area contributed by atoms with Gasteiger partial charge in [0, 0.05) is 11.4 Å². The molecule has 9 heteroatoms. The zero-order valence-electron chi connectivity index (χ0n) is 12.5. The molecule has 3 rings (SSSR count). The highest BCUT2D eigenvalue weighted by molar-refractivity contribution is 6.30. The van der Waals surface area contributed by atoms with Gasteiger partial charge < -0.3 is 10.1 Å². The summed E-state index contributed by atoms with van der Waals surface area (Å²) >= 11 is 5.83. The number of anilines is 1. The molecule has 1 aliphatic heterocycles. The number of hydrogen-bond donors (Lipinski definition) is 1. The molecule has 0 radical (unpaired) electrons. The summed E-state index contributed by atoms with van der Waals surface area (Å²) < 4.78 is 45.7. The molecule has 5 nitrogen and oxygen atoms in total. The number of benzene rings is 1. The number of nitrogens with one attached hydrogen (secondary N) is 1. The third kappa shape index (κ3) is 2.93. The smallest absolute Gasteiger partial charge is 0.410 e. The van der Waals surface area contributed by atoms with E-state index in [9.17, 15) is 18.0 Å². The topological polar surface area (TPSA) is 56.1 Å². The van der Waals surface area contributed by atoms with Crippen molar-refractivity contribution in [3.63, 3.8) is 0 Å². The van der Waals surface area contributed by atoms with Gasteiger partial charge in [0.15, 0.2) is 6.04 Å². The Morgan fingerprint density at radius 1 is 1.38 bits per heavy atom. The summed E-state index contributed by atoms with van der Waals surface area (Å²) in [6.45, 7) is 0. The van der Waals surface area contributed by atoms with E-state index in [-0.39, 0.29) is 17.8 Å². The molecule has 1 aromatic heterocycles. The highest BCUT2D eigenvalue weighted by Crippen LogP contribution is 2.44. The first-order valence-corrected chi connectivity index (χ1v) is 7.43. The molecule has 2 atom stereocenters. The maximum absolute atomic E-state index is 13.4. The Hall–Kier alpha value is -2.22. The molecule has 1 N–H and O–H groups in total. The van der Waals surface area contributed by atoms with Crippen molar-refractivity contribution in [3.05, 3.63) is 46.6 Å². The van der Waals surface area contributed by atoms with Gasteiger partial charge in [-0.25, -0.2) is 9.48 Å². The van der Waals surface area contributed by atoms with Crippen molar-refractivity contribution in [1.82, 2.24) is 9.78 Å². The number of methoxy groups -OCH3 is 1. The molecule has 1 aromatic carbocycles. The highest BCUT2D eigenvalue weighted by Gasteiger charge is 2.47. The quantitative estimate of drug-likeness (QED) is 0.824. The molecule has 0 saturated carbocycles. The van der Waals surface area contributed by atoms with Gasteiger partial charge in [-0.2, -0.15) is 18.3 Å². The van der Waals surface area contributed by atoms with Crippen LogP contribution in [0, 0.1) is 0 Å². The fraction of sp³-hybridized carbons (Fsp3) is 0.333. The lowest BCUT2D eigenvalue weighted by molar-refractivity contribution is -0.173. The van der Waals surface area contributed by atoms with E-state index in [1.807, 2.05) is 0 Å². The molecule has 1 aliphatic rings. The summed E-state index contributed by atoms with van der Waals surface area (Å²) in [6.07, 6.45) is -3.67. The van der Waals surface area contributed by atoms with E-state index in [2.05, 4.69) is 15.2 Å². The van der Waals surface area contributed by atoms with Crippen molar-refractivity contribution >= 4 is 23.4 Å². The number of hydrogen-bond acceptors (Lipinski definition) is 4. The van der Waals surface area contributed by atoms with Crippen LogP contribution in [0.15, 0.2) is 30.5 Å². The average molecular weight is 360 g/mol. The van der Waals surface area contributed by atoms with Crippen molar-refractivity contribution in [1.29, 1.82) is 0 Å². The summed E-state index contributed by atoms with van der Waals surface area (Å²) in [5.41, 5.74) is 0.599. The van der Waals surface area contributed by atoms with Gasteiger partial charge in [-0.3, -0.25) is 0 Å². The first-order chi connectivity index (χ1) is 11.3. The Morgan fingerprint density at radius 3 is 2.62 bits per heavy atom. The number of halogens is 4. The number of nitrogens with zero attached hydrogens (tertiary/aromatic N) is 2. The molecule has 2 aromatic rings. The zero-order chi connectivity index (χ0) is 17.5. The van der Waals surface area contributed by atoms with Gasteiger partial charge in [0.1, 0.15) is 11.4 Å². The van der Waals surface area contributed by atoms with Gasteiger partial charge >= 0.3 is 12.1 Å². The van der Waals surface area contributed by atoms with Gasteiger partial charge in [-0.1, -0.05) is 23.7 Å². The Bertz CT molecular complexity index is 758. The lowest BCUT2D eigenvalue weighted by Crippen LogP contribution is -2.36. The van der Waals surface area contributed by atoms with Gasteiger partial charge in [0.05, 0.1) is 19.3 Å². The number of aromatic nitrogens is 2. The molecular formula is C15H13ClF3N3O2. The number of carbonyl (C=O) groups excluding carboxylic acids is 1. The maximum atomic E-state index is 13.4. The molecular weight excluding hydrogens is 347 g/mol. The lowest BCUT2D eigenvalue weighted by Gasteiger charge is -2.34. The first-order valence-electron chi connectivity index (χ1n) is 7.05. The fourth-order valence-corrected chi connectivity index (χ4v) is 2.86. The van der Waals surface area contributed by atoms with Crippen molar-refractivity contribution in [2.24, 2.45) is 0 Å². The van der Waals surface area contributed by atoms with E-state index in [0.29, 0.717) is 10.6 Å².